The number of rotatable bonds is 2. The quantitative estimate of drug-likeness (QED) is 0.564. The molecule has 0 bridgehead atoms. The summed E-state index contributed by atoms with van der Waals surface area (Å²) in [7, 11) is 0. The van der Waals surface area contributed by atoms with Crippen LogP contribution in [0.3, 0.4) is 0 Å². The molecule has 0 aromatic heterocycles. The molecular formula is C10H18N2. The third-order valence-electron chi connectivity index (χ3n) is 2.99. The largest absolute Gasteiger partial charge is 0.300 e. The fourth-order valence-corrected chi connectivity index (χ4v) is 2.02. The molecule has 0 radical (unpaired) electrons. The van der Waals surface area contributed by atoms with Gasteiger partial charge in [-0.3, -0.25) is 4.90 Å². The second-order valence-electron chi connectivity index (χ2n) is 3.76. The molecule has 12 heavy (non-hydrogen) atoms. The van der Waals surface area contributed by atoms with Crippen molar-refractivity contribution >= 4 is 0 Å². The van der Waals surface area contributed by atoms with E-state index in [0.29, 0.717) is 0 Å². The minimum absolute atomic E-state index is 0.856. The van der Waals surface area contributed by atoms with Crippen molar-refractivity contribution in [3.8, 4) is 0 Å². The van der Waals surface area contributed by atoms with Crippen molar-refractivity contribution in [2.24, 2.45) is 0 Å². The van der Waals surface area contributed by atoms with Crippen LogP contribution in [0.4, 0.5) is 0 Å². The molecule has 1 saturated heterocycles. The first-order valence-electron chi connectivity index (χ1n) is 5.01. The third kappa shape index (κ3) is 1.54. The van der Waals surface area contributed by atoms with Gasteiger partial charge in [0.1, 0.15) is 0 Å². The molecule has 0 atom stereocenters. The summed E-state index contributed by atoms with van der Waals surface area (Å²) in [5.74, 6) is 0. The molecule has 2 rings (SSSR count). The van der Waals surface area contributed by atoms with E-state index in [-0.39, 0.29) is 0 Å². The fourth-order valence-electron chi connectivity index (χ4n) is 2.02. The molecule has 0 saturated carbocycles. The van der Waals surface area contributed by atoms with Crippen LogP contribution in [-0.4, -0.2) is 48.6 Å². The number of likely N-dealkylation sites (tertiary alicyclic amines) is 1. The summed E-state index contributed by atoms with van der Waals surface area (Å²) in [6.45, 7) is 8.52. The summed E-state index contributed by atoms with van der Waals surface area (Å²) in [6.07, 6.45) is 5.85. The lowest BCUT2D eigenvalue weighted by molar-refractivity contribution is 0.0436. The molecule has 0 spiro atoms. The highest BCUT2D eigenvalue weighted by Crippen LogP contribution is 2.16. The smallest absolute Gasteiger partial charge is 0.0353 e. The second-order valence-corrected chi connectivity index (χ2v) is 3.76. The van der Waals surface area contributed by atoms with Gasteiger partial charge in [-0.25, -0.2) is 0 Å². The van der Waals surface area contributed by atoms with E-state index in [4.69, 9.17) is 0 Å². The van der Waals surface area contributed by atoms with Crippen LogP contribution in [0, 0.1) is 0 Å². The average Bonchev–Trinajstić information content (AvgIpc) is 2.04. The monoisotopic (exact) mass is 166 g/mol. The van der Waals surface area contributed by atoms with Crippen LogP contribution in [0.1, 0.15) is 13.3 Å². The number of nitrogens with zero attached hydrogens (tertiary/aromatic N) is 2. The van der Waals surface area contributed by atoms with Crippen LogP contribution in [0.15, 0.2) is 12.2 Å². The molecule has 2 nitrogen and oxygen atoms in total. The SMILES string of the molecule is CCN1CC(N2CC=CCC2)C1. The summed E-state index contributed by atoms with van der Waals surface area (Å²) in [5.41, 5.74) is 0. The zero-order chi connectivity index (χ0) is 8.39. The van der Waals surface area contributed by atoms with E-state index < -0.39 is 0 Å². The van der Waals surface area contributed by atoms with Crippen LogP contribution in [0.25, 0.3) is 0 Å². The molecule has 0 N–H and O–H groups in total. The van der Waals surface area contributed by atoms with E-state index in [2.05, 4.69) is 28.9 Å². The first-order valence-corrected chi connectivity index (χ1v) is 5.01. The van der Waals surface area contributed by atoms with Crippen molar-refractivity contribution in [1.82, 2.24) is 9.80 Å². The van der Waals surface area contributed by atoms with Crippen LogP contribution >= 0.6 is 0 Å². The number of hydrogen-bond donors (Lipinski definition) is 0. The molecule has 2 aliphatic rings. The van der Waals surface area contributed by atoms with E-state index in [9.17, 15) is 0 Å². The number of hydrogen-bond acceptors (Lipinski definition) is 2. The third-order valence-corrected chi connectivity index (χ3v) is 2.99. The van der Waals surface area contributed by atoms with Crippen LogP contribution in [-0.2, 0) is 0 Å². The topological polar surface area (TPSA) is 6.48 Å². The minimum Gasteiger partial charge on any atom is -0.300 e. The molecule has 0 unspecified atom stereocenters. The van der Waals surface area contributed by atoms with Crippen LogP contribution < -0.4 is 0 Å². The molecule has 1 fully saturated rings. The highest BCUT2D eigenvalue weighted by Gasteiger charge is 2.29. The molecule has 0 amide bonds. The van der Waals surface area contributed by atoms with Gasteiger partial charge in [0.25, 0.3) is 0 Å². The van der Waals surface area contributed by atoms with Gasteiger partial charge < -0.3 is 4.90 Å². The molecule has 68 valence electrons. The van der Waals surface area contributed by atoms with Crippen molar-refractivity contribution in [3.05, 3.63) is 12.2 Å². The maximum atomic E-state index is 2.60. The normalized spacial score (nSPS) is 27.4. The van der Waals surface area contributed by atoms with Gasteiger partial charge >= 0.3 is 0 Å². The first-order chi connectivity index (χ1) is 5.90. The number of likely N-dealkylation sites (N-methyl/N-ethyl adjacent to an activating group) is 1. The van der Waals surface area contributed by atoms with Crippen molar-refractivity contribution < 1.29 is 0 Å². The Bertz CT molecular complexity index is 171. The summed E-state index contributed by atoms with van der Waals surface area (Å²) >= 11 is 0. The fraction of sp³-hybridized carbons (Fsp3) is 0.800. The Morgan fingerprint density at radius 1 is 1.33 bits per heavy atom. The lowest BCUT2D eigenvalue weighted by Crippen LogP contribution is -2.59. The zero-order valence-electron chi connectivity index (χ0n) is 7.87. The Balaban J connectivity index is 1.76. The zero-order valence-corrected chi connectivity index (χ0v) is 7.87. The Hall–Kier alpha value is -0.340. The lowest BCUT2D eigenvalue weighted by Gasteiger charge is -2.45. The molecular weight excluding hydrogens is 148 g/mol. The lowest BCUT2D eigenvalue weighted by atomic mass is 10.1. The Kier molecular flexibility index (Phi) is 2.47. The standard InChI is InChI=1S/C10H18N2/c1-2-11-8-10(9-11)12-6-4-3-5-7-12/h3-4,10H,2,5-9H2,1H3. The van der Waals surface area contributed by atoms with Gasteiger partial charge in [-0.15, -0.1) is 0 Å². The highest BCUT2D eigenvalue weighted by molar-refractivity contribution is 4.97. The summed E-state index contributed by atoms with van der Waals surface area (Å²) in [4.78, 5) is 5.11. The van der Waals surface area contributed by atoms with Gasteiger partial charge in [0.2, 0.25) is 0 Å². The maximum Gasteiger partial charge on any atom is 0.0353 e. The first kappa shape index (κ1) is 8.27. The molecule has 2 heteroatoms. The van der Waals surface area contributed by atoms with E-state index in [1.54, 1.807) is 0 Å². The van der Waals surface area contributed by atoms with Crippen molar-refractivity contribution in [1.29, 1.82) is 0 Å². The Morgan fingerprint density at radius 2 is 2.17 bits per heavy atom. The van der Waals surface area contributed by atoms with Gasteiger partial charge in [0.15, 0.2) is 0 Å². The minimum atomic E-state index is 0.856. The van der Waals surface area contributed by atoms with Crippen molar-refractivity contribution in [3.63, 3.8) is 0 Å². The van der Waals surface area contributed by atoms with E-state index >= 15 is 0 Å². The van der Waals surface area contributed by atoms with Gasteiger partial charge in [-0.2, -0.15) is 0 Å². The van der Waals surface area contributed by atoms with E-state index in [0.717, 1.165) is 6.04 Å². The predicted octanol–water partition coefficient (Wildman–Crippen LogP) is 0.952. The van der Waals surface area contributed by atoms with E-state index in [1.807, 2.05) is 0 Å². The van der Waals surface area contributed by atoms with Gasteiger partial charge in [0, 0.05) is 32.2 Å². The van der Waals surface area contributed by atoms with Crippen LogP contribution in [0.2, 0.25) is 0 Å². The van der Waals surface area contributed by atoms with Gasteiger partial charge in [-0.1, -0.05) is 19.1 Å². The molecule has 2 heterocycles. The molecule has 0 aromatic rings. The van der Waals surface area contributed by atoms with Crippen molar-refractivity contribution in [2.45, 2.75) is 19.4 Å². The summed E-state index contributed by atoms with van der Waals surface area (Å²) in [6, 6.07) is 0.856. The maximum absolute atomic E-state index is 2.60. The summed E-state index contributed by atoms with van der Waals surface area (Å²) in [5, 5.41) is 0. The second kappa shape index (κ2) is 3.58. The molecule has 2 aliphatic heterocycles. The molecule has 0 aliphatic carbocycles. The molecule has 0 aromatic carbocycles. The van der Waals surface area contributed by atoms with Crippen molar-refractivity contribution in [2.75, 3.05) is 32.7 Å². The Labute approximate surface area is 74.8 Å². The Morgan fingerprint density at radius 3 is 2.75 bits per heavy atom. The van der Waals surface area contributed by atoms with Crippen LogP contribution in [0.5, 0.6) is 0 Å². The highest BCUT2D eigenvalue weighted by atomic mass is 15.3. The predicted molar refractivity (Wildman–Crippen MR) is 51.2 cm³/mol. The van der Waals surface area contributed by atoms with Gasteiger partial charge in [-0.05, 0) is 13.0 Å². The van der Waals surface area contributed by atoms with Gasteiger partial charge in [0.05, 0.1) is 0 Å². The van der Waals surface area contributed by atoms with E-state index in [1.165, 1.54) is 39.1 Å². The summed E-state index contributed by atoms with van der Waals surface area (Å²) < 4.78 is 0. The average molecular weight is 166 g/mol.